The Labute approximate surface area is 116 Å². The van der Waals surface area contributed by atoms with Crippen molar-refractivity contribution in [1.82, 2.24) is 15.0 Å². The van der Waals surface area contributed by atoms with E-state index in [-0.39, 0.29) is 29.4 Å². The van der Waals surface area contributed by atoms with Crippen LogP contribution < -0.4 is 16.7 Å². The van der Waals surface area contributed by atoms with Crippen molar-refractivity contribution in [2.24, 2.45) is 5.84 Å². The Kier molecular flexibility index (Phi) is 4.30. The van der Waals surface area contributed by atoms with Crippen LogP contribution in [0.25, 0.3) is 0 Å². The summed E-state index contributed by atoms with van der Waals surface area (Å²) >= 11 is 0. The summed E-state index contributed by atoms with van der Waals surface area (Å²) in [5.41, 5.74) is 5.03. The second-order valence-electron chi connectivity index (χ2n) is 4.97. The summed E-state index contributed by atoms with van der Waals surface area (Å²) in [5.74, 6) is 5.40. The molecule has 1 aliphatic heterocycles. The van der Waals surface area contributed by atoms with Crippen molar-refractivity contribution in [2.75, 3.05) is 10.9 Å². The second-order valence-corrected chi connectivity index (χ2v) is 4.97. The second kappa shape index (κ2) is 5.97. The number of hydrogen-bond acceptors (Lipinski definition) is 8. The first-order chi connectivity index (χ1) is 9.54. The molecule has 0 bridgehead atoms. The Morgan fingerprint density at radius 2 is 1.95 bits per heavy atom. The topological polar surface area (TPSA) is 122 Å². The van der Waals surface area contributed by atoms with Crippen LogP contribution in [0.2, 0.25) is 0 Å². The molecule has 9 heteroatoms. The lowest BCUT2D eigenvalue weighted by Gasteiger charge is -2.38. The monoisotopic (exact) mass is 281 g/mol. The molecule has 1 aromatic rings. The number of aromatic nitrogens is 2. The summed E-state index contributed by atoms with van der Waals surface area (Å²) in [6.45, 7) is 4.16. The van der Waals surface area contributed by atoms with Gasteiger partial charge in [-0.25, -0.2) is 20.8 Å². The highest BCUT2D eigenvalue weighted by molar-refractivity contribution is 5.68. The van der Waals surface area contributed by atoms with Crippen LogP contribution in [0, 0.1) is 10.1 Å². The first-order valence-electron chi connectivity index (χ1n) is 6.55. The highest BCUT2D eigenvalue weighted by Gasteiger charge is 2.29. The Morgan fingerprint density at radius 3 is 2.50 bits per heavy atom. The molecule has 1 saturated heterocycles. The molecule has 0 radical (unpaired) electrons. The van der Waals surface area contributed by atoms with Crippen LogP contribution in [0.1, 0.15) is 33.1 Å². The lowest BCUT2D eigenvalue weighted by Crippen LogP contribution is -2.47. The molecular weight excluding hydrogens is 262 g/mol. The molecule has 2 atom stereocenters. The van der Waals surface area contributed by atoms with E-state index >= 15 is 0 Å². The fraction of sp³-hybridized carbons (Fsp3) is 0.636. The van der Waals surface area contributed by atoms with Crippen molar-refractivity contribution >= 4 is 17.3 Å². The van der Waals surface area contributed by atoms with Gasteiger partial charge in [0.05, 0.1) is 4.92 Å². The van der Waals surface area contributed by atoms with Crippen LogP contribution in [0.4, 0.5) is 17.3 Å². The van der Waals surface area contributed by atoms with E-state index in [2.05, 4.69) is 34.7 Å². The molecule has 2 rings (SSSR count). The Hall–Kier alpha value is -2.00. The van der Waals surface area contributed by atoms with Gasteiger partial charge in [0.1, 0.15) is 6.33 Å². The number of nitrogens with two attached hydrogens (primary N) is 1. The maximum absolute atomic E-state index is 11.2. The van der Waals surface area contributed by atoms with Crippen LogP contribution in [0.3, 0.4) is 0 Å². The average Bonchev–Trinajstić information content (AvgIpc) is 2.42. The van der Waals surface area contributed by atoms with Gasteiger partial charge >= 0.3 is 5.69 Å². The number of hydrazine groups is 2. The predicted molar refractivity (Wildman–Crippen MR) is 74.7 cm³/mol. The molecule has 0 aliphatic carbocycles. The zero-order valence-corrected chi connectivity index (χ0v) is 11.5. The Morgan fingerprint density at radius 1 is 1.35 bits per heavy atom. The zero-order chi connectivity index (χ0) is 14.7. The predicted octanol–water partition coefficient (Wildman–Crippen LogP) is 1.26. The molecule has 2 unspecified atom stereocenters. The van der Waals surface area contributed by atoms with E-state index in [4.69, 9.17) is 5.84 Å². The number of anilines is 2. The van der Waals surface area contributed by atoms with Crippen molar-refractivity contribution in [2.45, 2.75) is 45.2 Å². The van der Waals surface area contributed by atoms with Gasteiger partial charge in [0.2, 0.25) is 11.6 Å². The first-order valence-corrected chi connectivity index (χ1v) is 6.55. The minimum atomic E-state index is -0.545. The maximum atomic E-state index is 11.2. The standard InChI is InChI=1S/C11H19N7O2/c1-7-4-3-5-8(2)17(7)16-11-9(18(19)20)10(15-12)13-6-14-11/h6-8H,3-5,12H2,1-2H3,(H2,13,14,15,16). The molecule has 1 aliphatic rings. The summed E-state index contributed by atoms with van der Waals surface area (Å²) in [4.78, 5) is 18.4. The number of rotatable bonds is 4. The summed E-state index contributed by atoms with van der Waals surface area (Å²) in [7, 11) is 0. The molecule has 1 fully saturated rings. The molecule has 0 saturated carbocycles. The van der Waals surface area contributed by atoms with E-state index in [1.807, 2.05) is 5.01 Å². The van der Waals surface area contributed by atoms with Crippen LogP contribution in [-0.4, -0.2) is 32.0 Å². The lowest BCUT2D eigenvalue weighted by molar-refractivity contribution is -0.383. The smallest absolute Gasteiger partial charge is 0.303 e. The minimum Gasteiger partial charge on any atom is -0.303 e. The van der Waals surface area contributed by atoms with E-state index in [0.717, 1.165) is 19.3 Å². The molecule has 1 aromatic heterocycles. The fourth-order valence-corrected chi connectivity index (χ4v) is 2.50. The third-order valence-corrected chi connectivity index (χ3v) is 3.57. The van der Waals surface area contributed by atoms with Crippen molar-refractivity contribution in [3.63, 3.8) is 0 Å². The zero-order valence-electron chi connectivity index (χ0n) is 11.5. The van der Waals surface area contributed by atoms with Gasteiger partial charge in [-0.2, -0.15) is 0 Å². The lowest BCUT2D eigenvalue weighted by atomic mass is 10.00. The van der Waals surface area contributed by atoms with Gasteiger partial charge in [0.25, 0.3) is 0 Å². The molecule has 4 N–H and O–H groups in total. The largest absolute Gasteiger partial charge is 0.355 e. The van der Waals surface area contributed by atoms with Crippen molar-refractivity contribution < 1.29 is 4.92 Å². The fourth-order valence-electron chi connectivity index (χ4n) is 2.50. The molecule has 110 valence electrons. The number of nitrogens with zero attached hydrogens (tertiary/aromatic N) is 4. The number of nitrogen functional groups attached to an aromatic ring is 1. The highest BCUT2D eigenvalue weighted by Crippen LogP contribution is 2.30. The quantitative estimate of drug-likeness (QED) is 0.428. The third kappa shape index (κ3) is 2.78. The van der Waals surface area contributed by atoms with E-state index in [0.29, 0.717) is 0 Å². The molecule has 0 spiro atoms. The number of nitrogens with one attached hydrogen (secondary N) is 2. The summed E-state index contributed by atoms with van der Waals surface area (Å²) in [5, 5.41) is 13.2. The summed E-state index contributed by atoms with van der Waals surface area (Å²) in [6, 6.07) is 0.560. The average molecular weight is 281 g/mol. The molecule has 0 aromatic carbocycles. The van der Waals surface area contributed by atoms with Gasteiger partial charge in [-0.15, -0.1) is 0 Å². The van der Waals surface area contributed by atoms with E-state index < -0.39 is 4.92 Å². The normalized spacial score (nSPS) is 23.4. The van der Waals surface area contributed by atoms with Gasteiger partial charge in [-0.3, -0.25) is 15.5 Å². The van der Waals surface area contributed by atoms with Crippen LogP contribution >= 0.6 is 0 Å². The van der Waals surface area contributed by atoms with Gasteiger partial charge in [-0.05, 0) is 26.7 Å². The molecule has 0 amide bonds. The Bertz CT molecular complexity index is 486. The van der Waals surface area contributed by atoms with Gasteiger partial charge < -0.3 is 5.43 Å². The molecule has 20 heavy (non-hydrogen) atoms. The van der Waals surface area contributed by atoms with Gasteiger partial charge in [-0.1, -0.05) is 6.42 Å². The SMILES string of the molecule is CC1CCCC(C)N1Nc1ncnc(NN)c1[N+](=O)[O-]. The van der Waals surface area contributed by atoms with Gasteiger partial charge in [0, 0.05) is 12.1 Å². The Balaban J connectivity index is 2.30. The number of hydrogen-bond donors (Lipinski definition) is 3. The van der Waals surface area contributed by atoms with Crippen LogP contribution in [0.5, 0.6) is 0 Å². The van der Waals surface area contributed by atoms with Crippen molar-refractivity contribution in [3.8, 4) is 0 Å². The van der Waals surface area contributed by atoms with Crippen LogP contribution in [0.15, 0.2) is 6.33 Å². The van der Waals surface area contributed by atoms with Crippen molar-refractivity contribution in [3.05, 3.63) is 16.4 Å². The third-order valence-electron chi connectivity index (χ3n) is 3.57. The van der Waals surface area contributed by atoms with Gasteiger partial charge in [0.15, 0.2) is 0 Å². The highest BCUT2D eigenvalue weighted by atomic mass is 16.6. The van der Waals surface area contributed by atoms with E-state index in [9.17, 15) is 10.1 Å². The minimum absolute atomic E-state index is 0.00943. The van der Waals surface area contributed by atoms with E-state index in [1.165, 1.54) is 6.33 Å². The number of piperidine rings is 1. The van der Waals surface area contributed by atoms with Crippen molar-refractivity contribution in [1.29, 1.82) is 0 Å². The molecule has 9 nitrogen and oxygen atoms in total. The maximum Gasteiger partial charge on any atom is 0.355 e. The van der Waals surface area contributed by atoms with E-state index in [1.54, 1.807) is 0 Å². The molecule has 2 heterocycles. The molecular formula is C11H19N7O2. The van der Waals surface area contributed by atoms with Crippen LogP contribution in [-0.2, 0) is 0 Å². The number of nitro groups is 1. The first kappa shape index (κ1) is 14.4. The summed E-state index contributed by atoms with van der Waals surface area (Å²) < 4.78 is 0. The summed E-state index contributed by atoms with van der Waals surface area (Å²) in [6.07, 6.45) is 4.47.